The van der Waals surface area contributed by atoms with E-state index < -0.39 is 17.6 Å². The van der Waals surface area contributed by atoms with E-state index in [0.717, 1.165) is 16.7 Å². The molecule has 36 heavy (non-hydrogen) atoms. The number of ether oxygens (including phenoxy) is 1. The third kappa shape index (κ3) is 5.59. The second-order valence-corrected chi connectivity index (χ2v) is 10.4. The molecule has 0 bridgehead atoms. The van der Waals surface area contributed by atoms with Gasteiger partial charge in [-0.3, -0.25) is 9.59 Å². The van der Waals surface area contributed by atoms with Gasteiger partial charge < -0.3 is 15.0 Å². The summed E-state index contributed by atoms with van der Waals surface area (Å²) in [6, 6.07) is 19.2. The van der Waals surface area contributed by atoms with Crippen LogP contribution in [0.25, 0.3) is 0 Å². The van der Waals surface area contributed by atoms with Crippen LogP contribution in [0, 0.1) is 18.2 Å². The number of halogens is 1. The predicted octanol–water partition coefficient (Wildman–Crippen LogP) is 6.06. The Morgan fingerprint density at radius 3 is 2.44 bits per heavy atom. The van der Waals surface area contributed by atoms with Crippen molar-refractivity contribution >= 4 is 17.5 Å². The van der Waals surface area contributed by atoms with E-state index in [1.165, 1.54) is 12.1 Å². The van der Waals surface area contributed by atoms with Gasteiger partial charge in [-0.25, -0.2) is 4.39 Å². The molecule has 0 fully saturated rings. The highest BCUT2D eigenvalue weighted by Gasteiger charge is 2.37. The van der Waals surface area contributed by atoms with Crippen LogP contribution < -0.4 is 10.1 Å². The third-order valence-corrected chi connectivity index (χ3v) is 6.41. The number of anilines is 1. The molecule has 0 saturated carbocycles. The number of benzene rings is 3. The summed E-state index contributed by atoms with van der Waals surface area (Å²) in [7, 11) is 0. The fraction of sp³-hybridized carbons (Fsp3) is 0.333. The summed E-state index contributed by atoms with van der Waals surface area (Å²) in [5, 5.41) is 2.87. The zero-order valence-corrected chi connectivity index (χ0v) is 21.5. The normalized spacial score (nSPS) is 16.2. The van der Waals surface area contributed by atoms with Crippen molar-refractivity contribution in [3.8, 4) is 5.75 Å². The number of rotatable bonds is 5. The van der Waals surface area contributed by atoms with Gasteiger partial charge in [-0.05, 0) is 73.4 Å². The van der Waals surface area contributed by atoms with Crippen LogP contribution in [0.4, 0.5) is 10.1 Å². The van der Waals surface area contributed by atoms with E-state index in [1.54, 1.807) is 13.0 Å². The summed E-state index contributed by atoms with van der Waals surface area (Å²) >= 11 is 0. The Labute approximate surface area is 212 Å². The van der Waals surface area contributed by atoms with Crippen molar-refractivity contribution in [2.45, 2.75) is 53.2 Å². The fourth-order valence-electron chi connectivity index (χ4n) is 4.49. The Kier molecular flexibility index (Phi) is 7.16. The number of hydrogen-bond acceptors (Lipinski definition) is 3. The van der Waals surface area contributed by atoms with Gasteiger partial charge in [0.05, 0.1) is 6.04 Å². The van der Waals surface area contributed by atoms with Crippen LogP contribution in [-0.2, 0) is 16.0 Å². The first-order chi connectivity index (χ1) is 17.0. The van der Waals surface area contributed by atoms with Gasteiger partial charge in [0.25, 0.3) is 5.91 Å². The summed E-state index contributed by atoms with van der Waals surface area (Å²) in [6.07, 6.45) is -0.0555. The molecule has 1 heterocycles. The number of carbonyl (C=O) groups is 2. The number of hydrogen-bond donors (Lipinski definition) is 1. The number of fused-ring (bicyclic) bond motifs is 1. The molecule has 0 spiro atoms. The highest BCUT2D eigenvalue weighted by molar-refractivity contribution is 5.94. The zero-order chi connectivity index (χ0) is 26.0. The van der Waals surface area contributed by atoms with Crippen molar-refractivity contribution in [1.82, 2.24) is 4.90 Å². The van der Waals surface area contributed by atoms with Crippen LogP contribution in [0.5, 0.6) is 5.75 Å². The molecular formula is C30H33FN2O3. The molecule has 2 amide bonds. The standard InChI is InChI=1S/C30H33FN2O3/c1-19-9-12-24(13-10-19)32-28(34)20(2)36-25-14-11-21-15-16-33(29(35)30(3,4)5)27(26(21)18-25)22-7-6-8-23(31)17-22/h6-14,17-18,20,27H,15-16H2,1-5H3,(H,32,34)/t20-,27-/m0/s1. The van der Waals surface area contributed by atoms with E-state index in [9.17, 15) is 14.0 Å². The average molecular weight is 489 g/mol. The Morgan fingerprint density at radius 1 is 1.06 bits per heavy atom. The molecule has 188 valence electrons. The first-order valence-electron chi connectivity index (χ1n) is 12.3. The molecule has 0 saturated heterocycles. The SMILES string of the molecule is Cc1ccc(NC(=O)[C@H](C)Oc2ccc3c(c2)[C@H](c2cccc(F)c2)N(C(=O)C(C)(C)C)CC3)cc1. The van der Waals surface area contributed by atoms with E-state index in [-0.39, 0.29) is 17.6 Å². The van der Waals surface area contributed by atoms with Gasteiger partial charge in [0, 0.05) is 17.6 Å². The molecule has 0 radical (unpaired) electrons. The lowest BCUT2D eigenvalue weighted by Gasteiger charge is -2.41. The smallest absolute Gasteiger partial charge is 0.265 e. The molecular weight excluding hydrogens is 455 g/mol. The molecule has 0 unspecified atom stereocenters. The monoisotopic (exact) mass is 488 g/mol. The maximum Gasteiger partial charge on any atom is 0.265 e. The molecule has 5 nitrogen and oxygen atoms in total. The first-order valence-corrected chi connectivity index (χ1v) is 12.3. The van der Waals surface area contributed by atoms with Crippen molar-refractivity contribution in [2.24, 2.45) is 5.41 Å². The predicted molar refractivity (Wildman–Crippen MR) is 139 cm³/mol. The summed E-state index contributed by atoms with van der Waals surface area (Å²) in [4.78, 5) is 28.0. The maximum absolute atomic E-state index is 14.2. The summed E-state index contributed by atoms with van der Waals surface area (Å²) < 4.78 is 20.2. The molecule has 0 aliphatic carbocycles. The number of carbonyl (C=O) groups excluding carboxylic acids is 2. The van der Waals surface area contributed by atoms with Crippen LogP contribution in [0.3, 0.4) is 0 Å². The van der Waals surface area contributed by atoms with Crippen molar-refractivity contribution in [3.63, 3.8) is 0 Å². The molecule has 1 N–H and O–H groups in total. The lowest BCUT2D eigenvalue weighted by Crippen LogP contribution is -2.45. The summed E-state index contributed by atoms with van der Waals surface area (Å²) in [6.45, 7) is 9.90. The zero-order valence-electron chi connectivity index (χ0n) is 21.5. The number of nitrogens with zero attached hydrogens (tertiary/aromatic N) is 1. The van der Waals surface area contributed by atoms with Crippen molar-refractivity contribution < 1.29 is 18.7 Å². The summed E-state index contributed by atoms with van der Waals surface area (Å²) in [5.74, 6) is -0.0919. The maximum atomic E-state index is 14.2. The lowest BCUT2D eigenvalue weighted by atomic mass is 9.85. The van der Waals surface area contributed by atoms with Gasteiger partial charge in [0.15, 0.2) is 6.10 Å². The number of amides is 2. The van der Waals surface area contributed by atoms with Gasteiger partial charge >= 0.3 is 0 Å². The minimum absolute atomic E-state index is 0.000392. The van der Waals surface area contributed by atoms with Gasteiger partial charge in [-0.15, -0.1) is 0 Å². The van der Waals surface area contributed by atoms with Gasteiger partial charge in [0.2, 0.25) is 5.91 Å². The van der Waals surface area contributed by atoms with Crippen molar-refractivity contribution in [2.75, 3.05) is 11.9 Å². The van der Waals surface area contributed by atoms with E-state index in [0.29, 0.717) is 30.0 Å². The molecule has 1 aliphatic heterocycles. The minimum atomic E-state index is -0.743. The highest BCUT2D eigenvalue weighted by Crippen LogP contribution is 2.39. The van der Waals surface area contributed by atoms with Crippen LogP contribution in [0.15, 0.2) is 66.7 Å². The Bertz CT molecular complexity index is 1260. The second kappa shape index (κ2) is 10.1. The highest BCUT2D eigenvalue weighted by atomic mass is 19.1. The summed E-state index contributed by atoms with van der Waals surface area (Å²) in [5.41, 5.74) is 3.89. The fourth-order valence-corrected chi connectivity index (χ4v) is 4.49. The Balaban J connectivity index is 1.63. The van der Waals surface area contributed by atoms with Crippen LogP contribution in [-0.4, -0.2) is 29.4 Å². The van der Waals surface area contributed by atoms with E-state index in [1.807, 2.05) is 81.1 Å². The van der Waals surface area contributed by atoms with E-state index in [4.69, 9.17) is 4.74 Å². The molecule has 3 aromatic rings. The van der Waals surface area contributed by atoms with Gasteiger partial charge in [-0.1, -0.05) is 56.7 Å². The Hall–Kier alpha value is -3.67. The molecule has 2 atom stereocenters. The molecule has 3 aromatic carbocycles. The molecule has 6 heteroatoms. The lowest BCUT2D eigenvalue weighted by molar-refractivity contribution is -0.141. The number of nitrogens with one attached hydrogen (secondary N) is 1. The molecule has 4 rings (SSSR count). The number of aryl methyl sites for hydroxylation is 1. The topological polar surface area (TPSA) is 58.6 Å². The molecule has 1 aliphatic rings. The minimum Gasteiger partial charge on any atom is -0.481 e. The van der Waals surface area contributed by atoms with Crippen LogP contribution in [0.1, 0.15) is 56.0 Å². The second-order valence-electron chi connectivity index (χ2n) is 10.4. The van der Waals surface area contributed by atoms with Gasteiger partial charge in [0.1, 0.15) is 11.6 Å². The van der Waals surface area contributed by atoms with Crippen molar-refractivity contribution in [3.05, 3.63) is 94.8 Å². The van der Waals surface area contributed by atoms with E-state index in [2.05, 4.69) is 5.32 Å². The largest absolute Gasteiger partial charge is 0.481 e. The quantitative estimate of drug-likeness (QED) is 0.475. The van der Waals surface area contributed by atoms with E-state index >= 15 is 0 Å². The van der Waals surface area contributed by atoms with Gasteiger partial charge in [-0.2, -0.15) is 0 Å². The first kappa shape index (κ1) is 25.4. The average Bonchev–Trinajstić information content (AvgIpc) is 2.83. The third-order valence-electron chi connectivity index (χ3n) is 6.41. The van der Waals surface area contributed by atoms with Crippen LogP contribution >= 0.6 is 0 Å². The van der Waals surface area contributed by atoms with Crippen molar-refractivity contribution in [1.29, 1.82) is 0 Å². The molecule has 0 aromatic heterocycles. The van der Waals surface area contributed by atoms with Crippen LogP contribution in [0.2, 0.25) is 0 Å². The Morgan fingerprint density at radius 2 is 1.78 bits per heavy atom.